The average Bonchev–Trinajstić information content (AvgIpc) is 2.99. The maximum atomic E-state index is 11.9. The van der Waals surface area contributed by atoms with Gasteiger partial charge in [0.1, 0.15) is 5.70 Å². The van der Waals surface area contributed by atoms with E-state index in [0.717, 1.165) is 6.42 Å². The number of carbonyl (C=O) groups is 2. The van der Waals surface area contributed by atoms with Crippen LogP contribution in [-0.2, 0) is 19.7 Å². The van der Waals surface area contributed by atoms with Crippen LogP contribution in [0.4, 0.5) is 0 Å². The third-order valence-corrected chi connectivity index (χ3v) is 4.58. The van der Waals surface area contributed by atoms with Crippen LogP contribution in [0.1, 0.15) is 47.4 Å². The third kappa shape index (κ3) is 8.85. The molecular formula is C14H24NNaO6S. The number of carboxylic acid groups (broad SMARTS) is 1. The summed E-state index contributed by atoms with van der Waals surface area (Å²) < 4.78 is 29.6. The Labute approximate surface area is 160 Å². The number of amides is 1. The van der Waals surface area contributed by atoms with E-state index in [-0.39, 0.29) is 59.7 Å². The molecule has 0 bridgehead atoms. The van der Waals surface area contributed by atoms with Gasteiger partial charge in [-0.3, -0.25) is 9.35 Å². The maximum Gasteiger partial charge on any atom is 1.00 e. The number of rotatable bonds is 9. The van der Waals surface area contributed by atoms with E-state index in [2.05, 4.69) is 5.32 Å². The zero-order valence-electron chi connectivity index (χ0n) is 14.8. The van der Waals surface area contributed by atoms with Crippen LogP contribution in [0.2, 0.25) is 0 Å². The van der Waals surface area contributed by atoms with E-state index in [9.17, 15) is 18.0 Å². The quantitative estimate of drug-likeness (QED) is 0.204. The summed E-state index contributed by atoms with van der Waals surface area (Å²) in [4.78, 5) is 23.0. The summed E-state index contributed by atoms with van der Waals surface area (Å²) in [7, 11) is -3.94. The van der Waals surface area contributed by atoms with Crippen LogP contribution >= 0.6 is 0 Å². The molecule has 0 aliphatic heterocycles. The number of nitrogens with one attached hydrogen (secondary N) is 1. The van der Waals surface area contributed by atoms with Gasteiger partial charge in [0.15, 0.2) is 0 Å². The normalized spacial score (nSPS) is 19.6. The monoisotopic (exact) mass is 357 g/mol. The van der Waals surface area contributed by atoms with Crippen LogP contribution in [0.25, 0.3) is 0 Å². The van der Waals surface area contributed by atoms with Gasteiger partial charge in [-0.2, -0.15) is 8.42 Å². The molecule has 7 nitrogen and oxygen atoms in total. The second-order valence-electron chi connectivity index (χ2n) is 6.29. The third-order valence-electron chi connectivity index (χ3n) is 3.77. The molecule has 1 aliphatic carbocycles. The zero-order chi connectivity index (χ0) is 17.0. The van der Waals surface area contributed by atoms with Gasteiger partial charge in [-0.25, -0.2) is 4.79 Å². The van der Waals surface area contributed by atoms with Crippen molar-refractivity contribution in [1.82, 2.24) is 5.32 Å². The number of carbonyl (C=O) groups excluding carboxylic acids is 1. The van der Waals surface area contributed by atoms with Gasteiger partial charge in [-0.1, -0.05) is 26.3 Å². The van der Waals surface area contributed by atoms with Crippen molar-refractivity contribution >= 4 is 22.0 Å². The number of aliphatic carboxylic acids is 1. The van der Waals surface area contributed by atoms with Crippen LogP contribution in [0.3, 0.4) is 0 Å². The largest absolute Gasteiger partial charge is 1.00 e. The Hall–Kier alpha value is -0.410. The Morgan fingerprint density at radius 3 is 2.30 bits per heavy atom. The SMILES string of the molecule is CC1(C)CC1C(=O)N/C(=C\CCCCCS(=O)(=O)O)C(=O)O.[H-].[Na+]. The Balaban J connectivity index is 0. The van der Waals surface area contributed by atoms with Gasteiger partial charge < -0.3 is 11.8 Å². The fourth-order valence-electron chi connectivity index (χ4n) is 2.18. The number of hydrogen-bond donors (Lipinski definition) is 3. The standard InChI is InChI=1S/C14H23NO6S.Na.H/c1-14(2)9-10(14)12(16)15-11(13(17)18)7-5-3-4-6-8-22(19,20)21;;/h7,10H,3-6,8-9H2,1-2H3,(H,15,16)(H,17,18)(H,19,20,21);;/q;+1;-1/b11-7-;;. The van der Waals surface area contributed by atoms with Gasteiger partial charge in [0.05, 0.1) is 5.75 Å². The summed E-state index contributed by atoms with van der Waals surface area (Å²) in [5, 5.41) is 11.5. The Kier molecular flexibility index (Phi) is 9.01. The van der Waals surface area contributed by atoms with Gasteiger partial charge in [0, 0.05) is 5.92 Å². The van der Waals surface area contributed by atoms with Crippen LogP contribution < -0.4 is 34.9 Å². The fourth-order valence-corrected chi connectivity index (χ4v) is 2.75. The first kappa shape index (κ1) is 22.6. The Morgan fingerprint density at radius 1 is 1.30 bits per heavy atom. The van der Waals surface area contributed by atoms with Crippen molar-refractivity contribution < 1.29 is 58.7 Å². The minimum absolute atomic E-state index is 0. The summed E-state index contributed by atoms with van der Waals surface area (Å²) >= 11 is 0. The molecule has 1 rings (SSSR count). The van der Waals surface area contributed by atoms with Crippen molar-refractivity contribution in [2.45, 2.75) is 46.0 Å². The molecule has 3 N–H and O–H groups in total. The van der Waals surface area contributed by atoms with Gasteiger partial charge in [-0.05, 0) is 31.1 Å². The molecule has 1 unspecified atom stereocenters. The maximum absolute atomic E-state index is 11.9. The molecule has 1 amide bonds. The summed E-state index contributed by atoms with van der Waals surface area (Å²) in [6, 6.07) is 0. The molecule has 0 radical (unpaired) electrons. The molecule has 1 atom stereocenters. The number of carboxylic acids is 1. The number of allylic oxidation sites excluding steroid dienone is 1. The van der Waals surface area contributed by atoms with Crippen molar-refractivity contribution in [1.29, 1.82) is 0 Å². The molecule has 9 heteroatoms. The van der Waals surface area contributed by atoms with Gasteiger partial charge >= 0.3 is 35.5 Å². The van der Waals surface area contributed by atoms with E-state index in [1.54, 1.807) is 0 Å². The predicted molar refractivity (Wildman–Crippen MR) is 81.7 cm³/mol. The molecule has 0 saturated heterocycles. The van der Waals surface area contributed by atoms with E-state index in [0.29, 0.717) is 25.7 Å². The first-order chi connectivity index (χ1) is 10.0. The molecule has 0 spiro atoms. The predicted octanol–water partition coefficient (Wildman–Crippen LogP) is -1.32. The zero-order valence-corrected chi connectivity index (χ0v) is 16.6. The molecule has 1 saturated carbocycles. The van der Waals surface area contributed by atoms with Crippen molar-refractivity contribution in [3.8, 4) is 0 Å². The molecular weight excluding hydrogens is 333 g/mol. The molecule has 128 valence electrons. The van der Waals surface area contributed by atoms with E-state index < -0.39 is 16.1 Å². The number of hydrogen-bond acceptors (Lipinski definition) is 4. The van der Waals surface area contributed by atoms with Gasteiger partial charge in [0.2, 0.25) is 5.91 Å². The molecule has 0 heterocycles. The summed E-state index contributed by atoms with van der Waals surface area (Å²) in [5.41, 5.74) is -0.203. The molecule has 0 aromatic rings. The molecule has 23 heavy (non-hydrogen) atoms. The van der Waals surface area contributed by atoms with Crippen LogP contribution in [0.15, 0.2) is 11.8 Å². The first-order valence-electron chi connectivity index (χ1n) is 7.22. The molecule has 1 fully saturated rings. The second kappa shape index (κ2) is 9.17. The number of unbranched alkanes of at least 4 members (excludes halogenated alkanes) is 3. The smallest absolute Gasteiger partial charge is 1.00 e. The Morgan fingerprint density at radius 2 is 1.87 bits per heavy atom. The average molecular weight is 357 g/mol. The van der Waals surface area contributed by atoms with Crippen molar-refractivity contribution in [2.75, 3.05) is 5.75 Å². The van der Waals surface area contributed by atoms with Gasteiger partial charge in [-0.15, -0.1) is 0 Å². The molecule has 0 aromatic carbocycles. The van der Waals surface area contributed by atoms with Crippen LogP contribution in [0.5, 0.6) is 0 Å². The minimum atomic E-state index is -3.94. The molecule has 1 aliphatic rings. The van der Waals surface area contributed by atoms with Crippen LogP contribution in [0, 0.1) is 11.3 Å². The second-order valence-corrected chi connectivity index (χ2v) is 7.86. The van der Waals surface area contributed by atoms with Crippen molar-refractivity contribution in [3.05, 3.63) is 11.8 Å². The Bertz CT molecular complexity index is 576. The summed E-state index contributed by atoms with van der Waals surface area (Å²) in [5.74, 6) is -1.91. The van der Waals surface area contributed by atoms with Crippen LogP contribution in [-0.4, -0.2) is 35.7 Å². The van der Waals surface area contributed by atoms with E-state index in [1.165, 1.54) is 6.08 Å². The van der Waals surface area contributed by atoms with Crippen molar-refractivity contribution in [2.24, 2.45) is 11.3 Å². The summed E-state index contributed by atoms with van der Waals surface area (Å²) in [6.07, 6.45) is 4.05. The first-order valence-corrected chi connectivity index (χ1v) is 8.83. The van der Waals surface area contributed by atoms with Gasteiger partial charge in [0.25, 0.3) is 10.1 Å². The fraction of sp³-hybridized carbons (Fsp3) is 0.714. The summed E-state index contributed by atoms with van der Waals surface area (Å²) in [6.45, 7) is 3.91. The van der Waals surface area contributed by atoms with Crippen molar-refractivity contribution in [3.63, 3.8) is 0 Å². The van der Waals surface area contributed by atoms with E-state index >= 15 is 0 Å². The topological polar surface area (TPSA) is 121 Å². The molecule has 0 aromatic heterocycles. The minimum Gasteiger partial charge on any atom is -1.00 e. The van der Waals surface area contributed by atoms with E-state index in [1.807, 2.05) is 13.8 Å². The van der Waals surface area contributed by atoms with E-state index in [4.69, 9.17) is 9.66 Å².